The number of ether oxygens (including phenoxy) is 1. The van der Waals surface area contributed by atoms with E-state index in [0.29, 0.717) is 12.3 Å². The van der Waals surface area contributed by atoms with Gasteiger partial charge in [-0.2, -0.15) is 0 Å². The molecule has 2 aliphatic heterocycles. The molecular weight excluding hydrogens is 404 g/mol. The number of piperazine rings is 1. The standard InChI is InChI=1S/C25H32N4O3/c1-2-3-4-7-18-32-21-11-9-20(10-12-21)29-24(30)19-22(25(29)31)27-14-16-28(17-15-27)23-8-5-6-13-26-23/h5-6,8-13,22H,2-4,7,14-19H2,1H3. The van der Waals surface area contributed by atoms with E-state index in [0.717, 1.165) is 44.2 Å². The van der Waals surface area contributed by atoms with Gasteiger partial charge in [-0.1, -0.05) is 32.3 Å². The SMILES string of the molecule is CCCCCCOc1ccc(N2C(=O)CC(N3CCN(c4ccccn4)CC3)C2=O)cc1. The lowest BCUT2D eigenvalue weighted by molar-refractivity contribution is -0.123. The van der Waals surface area contributed by atoms with E-state index < -0.39 is 0 Å². The van der Waals surface area contributed by atoms with E-state index in [-0.39, 0.29) is 24.3 Å². The van der Waals surface area contributed by atoms with Crippen molar-refractivity contribution in [1.29, 1.82) is 0 Å². The Morgan fingerprint density at radius 1 is 0.969 bits per heavy atom. The van der Waals surface area contributed by atoms with Crippen molar-refractivity contribution in [2.75, 3.05) is 42.6 Å². The van der Waals surface area contributed by atoms with Gasteiger partial charge >= 0.3 is 0 Å². The van der Waals surface area contributed by atoms with E-state index in [2.05, 4.69) is 21.7 Å². The molecule has 0 aliphatic carbocycles. The zero-order valence-corrected chi connectivity index (χ0v) is 18.8. The van der Waals surface area contributed by atoms with Crippen molar-refractivity contribution in [2.45, 2.75) is 45.1 Å². The number of benzene rings is 1. The normalized spacial score (nSPS) is 19.6. The average Bonchev–Trinajstić information content (AvgIpc) is 3.14. The van der Waals surface area contributed by atoms with Crippen LogP contribution in [0.2, 0.25) is 0 Å². The van der Waals surface area contributed by atoms with Crippen molar-refractivity contribution in [3.05, 3.63) is 48.7 Å². The fourth-order valence-corrected chi connectivity index (χ4v) is 4.39. The summed E-state index contributed by atoms with van der Waals surface area (Å²) in [5, 5.41) is 0. The van der Waals surface area contributed by atoms with Gasteiger partial charge in [0.1, 0.15) is 11.6 Å². The lowest BCUT2D eigenvalue weighted by atomic mass is 10.1. The number of aromatic nitrogens is 1. The van der Waals surface area contributed by atoms with Crippen LogP contribution in [0.5, 0.6) is 5.75 Å². The molecule has 1 aromatic carbocycles. The van der Waals surface area contributed by atoms with E-state index in [1.54, 1.807) is 18.3 Å². The zero-order valence-electron chi connectivity index (χ0n) is 18.8. The third kappa shape index (κ3) is 5.10. The first-order chi connectivity index (χ1) is 15.7. The van der Waals surface area contributed by atoms with Crippen LogP contribution in [-0.2, 0) is 9.59 Å². The van der Waals surface area contributed by atoms with Crippen LogP contribution in [0.3, 0.4) is 0 Å². The van der Waals surface area contributed by atoms with Crippen LogP contribution < -0.4 is 14.5 Å². The molecule has 2 aromatic rings. The number of hydrogen-bond donors (Lipinski definition) is 0. The zero-order chi connectivity index (χ0) is 22.3. The van der Waals surface area contributed by atoms with Gasteiger partial charge < -0.3 is 9.64 Å². The van der Waals surface area contributed by atoms with E-state index in [4.69, 9.17) is 4.74 Å². The van der Waals surface area contributed by atoms with Crippen molar-refractivity contribution >= 4 is 23.3 Å². The minimum Gasteiger partial charge on any atom is -0.494 e. The highest BCUT2D eigenvalue weighted by atomic mass is 16.5. The molecule has 0 bridgehead atoms. The Bertz CT molecular complexity index is 895. The Hall–Kier alpha value is -2.93. The summed E-state index contributed by atoms with van der Waals surface area (Å²) < 4.78 is 5.78. The molecule has 7 nitrogen and oxygen atoms in total. The molecule has 0 N–H and O–H groups in total. The van der Waals surface area contributed by atoms with Crippen molar-refractivity contribution in [3.63, 3.8) is 0 Å². The van der Waals surface area contributed by atoms with Gasteiger partial charge in [-0.05, 0) is 42.8 Å². The van der Waals surface area contributed by atoms with Gasteiger partial charge in [0, 0.05) is 32.4 Å². The maximum atomic E-state index is 13.1. The van der Waals surface area contributed by atoms with Crippen LogP contribution in [0.15, 0.2) is 48.7 Å². The fraction of sp³-hybridized carbons (Fsp3) is 0.480. The van der Waals surface area contributed by atoms with E-state index in [1.165, 1.54) is 24.2 Å². The first-order valence-corrected chi connectivity index (χ1v) is 11.7. The van der Waals surface area contributed by atoms with Crippen molar-refractivity contribution in [1.82, 2.24) is 9.88 Å². The van der Waals surface area contributed by atoms with Crippen LogP contribution >= 0.6 is 0 Å². The minimum atomic E-state index is -0.386. The summed E-state index contributed by atoms with van der Waals surface area (Å²) in [6.07, 6.45) is 6.66. The topological polar surface area (TPSA) is 66.0 Å². The number of pyridine rings is 1. The molecule has 1 atom stereocenters. The summed E-state index contributed by atoms with van der Waals surface area (Å²) in [5.41, 5.74) is 0.618. The van der Waals surface area contributed by atoms with Crippen LogP contribution in [0.25, 0.3) is 0 Å². The number of carbonyl (C=O) groups is 2. The van der Waals surface area contributed by atoms with E-state index >= 15 is 0 Å². The van der Waals surface area contributed by atoms with E-state index in [9.17, 15) is 9.59 Å². The highest BCUT2D eigenvalue weighted by molar-refractivity contribution is 6.22. The van der Waals surface area contributed by atoms with Gasteiger partial charge in [0.2, 0.25) is 5.91 Å². The molecule has 32 heavy (non-hydrogen) atoms. The van der Waals surface area contributed by atoms with Crippen LogP contribution in [0, 0.1) is 0 Å². The Kier molecular flexibility index (Phi) is 7.37. The number of anilines is 2. The molecule has 1 aromatic heterocycles. The van der Waals surface area contributed by atoms with Gasteiger partial charge in [-0.3, -0.25) is 14.5 Å². The molecule has 0 radical (unpaired) electrons. The van der Waals surface area contributed by atoms with Crippen molar-refractivity contribution in [3.8, 4) is 5.75 Å². The molecule has 170 valence electrons. The molecule has 3 heterocycles. The molecular formula is C25H32N4O3. The number of unbranched alkanes of at least 4 members (excludes halogenated alkanes) is 3. The second-order valence-corrected chi connectivity index (χ2v) is 8.40. The van der Waals surface area contributed by atoms with Crippen LogP contribution in [0.1, 0.15) is 39.0 Å². The predicted octanol–water partition coefficient (Wildman–Crippen LogP) is 3.49. The Labute approximate surface area is 190 Å². The molecule has 7 heteroatoms. The lowest BCUT2D eigenvalue weighted by Crippen LogP contribution is -2.52. The highest BCUT2D eigenvalue weighted by Gasteiger charge is 2.43. The number of amides is 2. The smallest absolute Gasteiger partial charge is 0.251 e. The van der Waals surface area contributed by atoms with Crippen LogP contribution in [-0.4, -0.2) is 60.5 Å². The second-order valence-electron chi connectivity index (χ2n) is 8.40. The van der Waals surface area contributed by atoms with Gasteiger partial charge in [0.15, 0.2) is 0 Å². The lowest BCUT2D eigenvalue weighted by Gasteiger charge is -2.37. The second kappa shape index (κ2) is 10.6. The molecule has 2 saturated heterocycles. The summed E-state index contributed by atoms with van der Waals surface area (Å²) in [6, 6.07) is 12.8. The van der Waals surface area contributed by atoms with Gasteiger partial charge in [-0.25, -0.2) is 9.88 Å². The molecule has 2 aliphatic rings. The summed E-state index contributed by atoms with van der Waals surface area (Å²) >= 11 is 0. The maximum Gasteiger partial charge on any atom is 0.251 e. The first kappa shape index (κ1) is 22.3. The minimum absolute atomic E-state index is 0.130. The maximum absolute atomic E-state index is 13.1. The quantitative estimate of drug-likeness (QED) is 0.443. The third-order valence-corrected chi connectivity index (χ3v) is 6.21. The molecule has 1 unspecified atom stereocenters. The largest absolute Gasteiger partial charge is 0.494 e. The monoisotopic (exact) mass is 436 g/mol. The Balaban J connectivity index is 1.32. The summed E-state index contributed by atoms with van der Waals surface area (Å²) in [7, 11) is 0. The van der Waals surface area contributed by atoms with Crippen molar-refractivity contribution in [2.24, 2.45) is 0 Å². The number of nitrogens with zero attached hydrogens (tertiary/aromatic N) is 4. The Morgan fingerprint density at radius 2 is 1.75 bits per heavy atom. The molecule has 2 fully saturated rings. The van der Waals surface area contributed by atoms with Crippen molar-refractivity contribution < 1.29 is 14.3 Å². The predicted molar refractivity (Wildman–Crippen MR) is 125 cm³/mol. The van der Waals surface area contributed by atoms with Crippen LogP contribution in [0.4, 0.5) is 11.5 Å². The number of imide groups is 1. The molecule has 4 rings (SSSR count). The summed E-state index contributed by atoms with van der Waals surface area (Å²) in [5.74, 6) is 1.46. The molecule has 0 saturated carbocycles. The highest BCUT2D eigenvalue weighted by Crippen LogP contribution is 2.28. The number of carbonyl (C=O) groups excluding carboxylic acids is 2. The molecule has 2 amide bonds. The molecule has 0 spiro atoms. The number of hydrogen-bond acceptors (Lipinski definition) is 6. The van der Waals surface area contributed by atoms with Gasteiger partial charge in [0.05, 0.1) is 24.8 Å². The van der Waals surface area contributed by atoms with E-state index in [1.807, 2.05) is 30.3 Å². The summed E-state index contributed by atoms with van der Waals surface area (Å²) in [6.45, 7) is 5.93. The average molecular weight is 437 g/mol. The van der Waals surface area contributed by atoms with Gasteiger partial charge in [-0.15, -0.1) is 0 Å². The fourth-order valence-electron chi connectivity index (χ4n) is 4.39. The first-order valence-electron chi connectivity index (χ1n) is 11.7. The third-order valence-electron chi connectivity index (χ3n) is 6.21. The summed E-state index contributed by atoms with van der Waals surface area (Å²) in [4.78, 5) is 35.9. The Morgan fingerprint density at radius 3 is 2.44 bits per heavy atom. The van der Waals surface area contributed by atoms with Gasteiger partial charge in [0.25, 0.3) is 5.91 Å². The number of rotatable bonds is 9.